The molecule has 0 saturated heterocycles. The number of para-hydroxylation sites is 1. The molecule has 2 aromatic rings. The molecule has 1 aromatic heterocycles. The summed E-state index contributed by atoms with van der Waals surface area (Å²) in [6.07, 6.45) is 0.751. The van der Waals surface area contributed by atoms with Crippen LogP contribution in [-0.2, 0) is 13.0 Å². The number of likely N-dealkylation sites (N-methyl/N-ethyl adjacent to an activating group) is 1. The van der Waals surface area contributed by atoms with Crippen molar-refractivity contribution in [1.82, 2.24) is 19.7 Å². The lowest BCUT2D eigenvalue weighted by molar-refractivity contribution is 0.0705. The van der Waals surface area contributed by atoms with Crippen LogP contribution < -0.4 is 5.32 Å². The molecule has 0 atom stereocenters. The van der Waals surface area contributed by atoms with E-state index in [2.05, 4.69) is 15.5 Å². The zero-order valence-electron chi connectivity index (χ0n) is 12.1. The van der Waals surface area contributed by atoms with Gasteiger partial charge < -0.3 is 14.8 Å². The minimum atomic E-state index is -0.0153. The molecule has 0 spiro atoms. The Morgan fingerprint density at radius 3 is 2.76 bits per heavy atom. The first-order chi connectivity index (χ1) is 10.3. The van der Waals surface area contributed by atoms with Crippen LogP contribution in [0.4, 0.5) is 5.69 Å². The van der Waals surface area contributed by atoms with E-state index in [0.717, 1.165) is 44.1 Å². The molecule has 0 bridgehead atoms. The first-order valence-corrected chi connectivity index (χ1v) is 7.30. The Kier molecular flexibility index (Phi) is 3.85. The predicted molar refractivity (Wildman–Crippen MR) is 80.2 cm³/mol. The Labute approximate surface area is 123 Å². The molecule has 2 heterocycles. The van der Waals surface area contributed by atoms with Crippen LogP contribution in [0.25, 0.3) is 0 Å². The first-order valence-electron chi connectivity index (χ1n) is 7.30. The van der Waals surface area contributed by atoms with Crippen molar-refractivity contribution in [2.75, 3.05) is 25.0 Å². The molecule has 6 heteroatoms. The van der Waals surface area contributed by atoms with Crippen LogP contribution in [0, 0.1) is 0 Å². The molecule has 6 nitrogen and oxygen atoms in total. The van der Waals surface area contributed by atoms with Gasteiger partial charge in [-0.05, 0) is 19.1 Å². The van der Waals surface area contributed by atoms with Crippen LogP contribution in [-0.4, -0.2) is 45.2 Å². The van der Waals surface area contributed by atoms with Crippen LogP contribution in [0.5, 0.6) is 0 Å². The van der Waals surface area contributed by atoms with E-state index in [1.807, 2.05) is 41.8 Å². The van der Waals surface area contributed by atoms with Crippen LogP contribution in [0.2, 0.25) is 0 Å². The number of nitrogens with one attached hydrogen (secondary N) is 1. The topological polar surface area (TPSA) is 63.1 Å². The number of rotatable bonds is 5. The van der Waals surface area contributed by atoms with Crippen molar-refractivity contribution in [3.63, 3.8) is 0 Å². The van der Waals surface area contributed by atoms with Crippen molar-refractivity contribution in [2.45, 2.75) is 19.9 Å². The molecule has 0 fully saturated rings. The lowest BCUT2D eigenvalue weighted by Gasteiger charge is -2.26. The van der Waals surface area contributed by atoms with E-state index in [4.69, 9.17) is 0 Å². The quantitative estimate of drug-likeness (QED) is 0.902. The molecule has 0 radical (unpaired) electrons. The maximum absolute atomic E-state index is 12.1. The lowest BCUT2D eigenvalue weighted by Crippen LogP contribution is -2.40. The zero-order valence-corrected chi connectivity index (χ0v) is 12.1. The smallest absolute Gasteiger partial charge is 0.291 e. The number of carbonyl (C=O) groups is 1. The second-order valence-electron chi connectivity index (χ2n) is 5.02. The maximum atomic E-state index is 12.1. The number of nitrogens with zero attached hydrogens (tertiary/aromatic N) is 4. The lowest BCUT2D eigenvalue weighted by atomic mass is 10.3. The summed E-state index contributed by atoms with van der Waals surface area (Å²) in [6.45, 7) is 4.99. The minimum Gasteiger partial charge on any atom is -0.385 e. The Hall–Kier alpha value is -2.37. The fourth-order valence-corrected chi connectivity index (χ4v) is 2.55. The van der Waals surface area contributed by atoms with E-state index in [0.29, 0.717) is 5.82 Å². The highest BCUT2D eigenvalue weighted by Crippen LogP contribution is 2.13. The number of fused-ring (bicyclic) bond motifs is 1. The van der Waals surface area contributed by atoms with Crippen molar-refractivity contribution in [3.05, 3.63) is 42.0 Å². The van der Waals surface area contributed by atoms with Crippen molar-refractivity contribution in [3.8, 4) is 0 Å². The molecule has 1 aliphatic rings. The molecular formula is C15H19N5O. The number of aromatic nitrogens is 3. The maximum Gasteiger partial charge on any atom is 0.291 e. The van der Waals surface area contributed by atoms with Crippen LogP contribution >= 0.6 is 0 Å². The molecule has 3 rings (SSSR count). The highest BCUT2D eigenvalue weighted by molar-refractivity contribution is 5.91. The van der Waals surface area contributed by atoms with Crippen molar-refractivity contribution < 1.29 is 4.79 Å². The van der Waals surface area contributed by atoms with Gasteiger partial charge in [0, 0.05) is 38.3 Å². The highest BCUT2D eigenvalue weighted by atomic mass is 16.2. The van der Waals surface area contributed by atoms with Gasteiger partial charge in [-0.15, -0.1) is 10.2 Å². The van der Waals surface area contributed by atoms with Crippen LogP contribution in [0.1, 0.15) is 23.4 Å². The molecule has 21 heavy (non-hydrogen) atoms. The Morgan fingerprint density at radius 2 is 2.00 bits per heavy atom. The number of benzene rings is 1. The van der Waals surface area contributed by atoms with E-state index in [1.54, 1.807) is 4.90 Å². The number of anilines is 1. The summed E-state index contributed by atoms with van der Waals surface area (Å²) in [5, 5.41) is 11.6. The van der Waals surface area contributed by atoms with Gasteiger partial charge in [-0.25, -0.2) is 0 Å². The summed E-state index contributed by atoms with van der Waals surface area (Å²) in [7, 11) is 0. The molecule has 110 valence electrons. The fourth-order valence-electron chi connectivity index (χ4n) is 2.55. The van der Waals surface area contributed by atoms with E-state index in [1.165, 1.54) is 0 Å². The Morgan fingerprint density at radius 1 is 1.19 bits per heavy atom. The number of carbonyl (C=O) groups excluding carboxylic acids is 1. The Bertz CT molecular complexity index is 622. The zero-order chi connectivity index (χ0) is 14.7. The van der Waals surface area contributed by atoms with E-state index in [-0.39, 0.29) is 5.91 Å². The minimum absolute atomic E-state index is 0.0153. The largest absolute Gasteiger partial charge is 0.385 e. The summed E-state index contributed by atoms with van der Waals surface area (Å²) in [5.41, 5.74) is 1.09. The number of hydrogen-bond acceptors (Lipinski definition) is 4. The van der Waals surface area contributed by atoms with Gasteiger partial charge in [0.2, 0.25) is 5.82 Å². The van der Waals surface area contributed by atoms with Gasteiger partial charge in [-0.2, -0.15) is 0 Å². The standard InChI is InChI=1S/C15H19N5O/c1-2-19-10-11-20-13(17-18-14(20)15(19)21)8-9-16-12-6-4-3-5-7-12/h3-7,16H,2,8-11H2,1H3. The molecule has 0 unspecified atom stereocenters. The fraction of sp³-hybridized carbons (Fsp3) is 0.400. The van der Waals surface area contributed by atoms with Gasteiger partial charge in [-0.3, -0.25) is 4.79 Å². The Balaban J connectivity index is 1.64. The van der Waals surface area contributed by atoms with Crippen molar-refractivity contribution in [2.24, 2.45) is 0 Å². The third-order valence-electron chi connectivity index (χ3n) is 3.73. The first kappa shape index (κ1) is 13.6. The molecule has 1 aromatic carbocycles. The summed E-state index contributed by atoms with van der Waals surface area (Å²) in [5.74, 6) is 1.33. The molecule has 0 saturated carbocycles. The van der Waals surface area contributed by atoms with Gasteiger partial charge in [-0.1, -0.05) is 18.2 Å². The summed E-state index contributed by atoms with van der Waals surface area (Å²) in [4.78, 5) is 13.9. The van der Waals surface area contributed by atoms with E-state index >= 15 is 0 Å². The van der Waals surface area contributed by atoms with Gasteiger partial charge in [0.05, 0.1) is 0 Å². The van der Waals surface area contributed by atoms with Crippen molar-refractivity contribution >= 4 is 11.6 Å². The van der Waals surface area contributed by atoms with E-state index < -0.39 is 0 Å². The summed E-state index contributed by atoms with van der Waals surface area (Å²) in [6, 6.07) is 10.0. The van der Waals surface area contributed by atoms with Crippen molar-refractivity contribution in [1.29, 1.82) is 0 Å². The second kappa shape index (κ2) is 5.95. The molecular weight excluding hydrogens is 266 g/mol. The van der Waals surface area contributed by atoms with E-state index in [9.17, 15) is 4.79 Å². The van der Waals surface area contributed by atoms with Gasteiger partial charge in [0.25, 0.3) is 5.91 Å². The molecule has 1 amide bonds. The average Bonchev–Trinajstić information content (AvgIpc) is 2.93. The number of hydrogen-bond donors (Lipinski definition) is 1. The monoisotopic (exact) mass is 285 g/mol. The molecule has 1 aliphatic heterocycles. The average molecular weight is 285 g/mol. The van der Waals surface area contributed by atoms with Gasteiger partial charge >= 0.3 is 0 Å². The van der Waals surface area contributed by atoms with Gasteiger partial charge in [0.1, 0.15) is 5.82 Å². The summed E-state index contributed by atoms with van der Waals surface area (Å²) >= 11 is 0. The predicted octanol–water partition coefficient (Wildman–Crippen LogP) is 1.41. The third-order valence-corrected chi connectivity index (χ3v) is 3.73. The van der Waals surface area contributed by atoms with Crippen LogP contribution in [0.3, 0.4) is 0 Å². The third kappa shape index (κ3) is 2.74. The SMILES string of the molecule is CCN1CCn2c(CCNc3ccccc3)nnc2C1=O. The molecule has 0 aliphatic carbocycles. The second-order valence-corrected chi connectivity index (χ2v) is 5.02. The molecule has 1 N–H and O–H groups in total. The normalized spacial score (nSPS) is 14.1. The number of amides is 1. The summed E-state index contributed by atoms with van der Waals surface area (Å²) < 4.78 is 1.95. The van der Waals surface area contributed by atoms with Crippen LogP contribution in [0.15, 0.2) is 30.3 Å². The van der Waals surface area contributed by atoms with Gasteiger partial charge in [0.15, 0.2) is 0 Å². The highest BCUT2D eigenvalue weighted by Gasteiger charge is 2.27.